The molecule has 0 fully saturated rings. The summed E-state index contributed by atoms with van der Waals surface area (Å²) < 4.78 is 2.43. The average molecular weight is 777 g/mol. The van der Waals surface area contributed by atoms with E-state index in [4.69, 9.17) is 0 Å². The normalized spacial score (nSPS) is 12.7. The lowest BCUT2D eigenvalue weighted by molar-refractivity contribution is 0.770. The monoisotopic (exact) mass is 776 g/mol. The number of anilines is 3. The van der Waals surface area contributed by atoms with E-state index in [1.807, 2.05) is 0 Å². The van der Waals surface area contributed by atoms with Gasteiger partial charge in [0.15, 0.2) is 0 Å². The predicted molar refractivity (Wildman–Crippen MR) is 256 cm³/mol. The Hall–Kier alpha value is -7.94. The molecule has 1 aliphatic carbocycles. The number of hydrogen-bond acceptors (Lipinski definition) is 1. The van der Waals surface area contributed by atoms with Crippen molar-refractivity contribution in [1.82, 2.24) is 4.57 Å². The SMILES string of the molecule is c1ccc(N(c2ccc(-c3cccc4ccccc34)cc2)c2ccc3c(c2)c2cc(C4(c5ccccc5)c5ccccc5-c5ccccc54)ccc2n3-c2ccccc2)cc1. The molecule has 1 aliphatic rings. The molecule has 0 N–H and O–H groups in total. The quantitative estimate of drug-likeness (QED) is 0.156. The zero-order valence-corrected chi connectivity index (χ0v) is 33.5. The molecule has 12 rings (SSSR count). The van der Waals surface area contributed by atoms with E-state index in [1.54, 1.807) is 0 Å². The minimum Gasteiger partial charge on any atom is -0.310 e. The molecule has 2 nitrogen and oxygen atoms in total. The van der Waals surface area contributed by atoms with Crippen LogP contribution < -0.4 is 4.90 Å². The zero-order chi connectivity index (χ0) is 40.3. The van der Waals surface area contributed by atoms with Crippen LogP contribution in [-0.4, -0.2) is 4.57 Å². The second-order valence-electron chi connectivity index (χ2n) is 16.1. The second-order valence-corrected chi connectivity index (χ2v) is 16.1. The molecule has 286 valence electrons. The summed E-state index contributed by atoms with van der Waals surface area (Å²) in [5.74, 6) is 0. The summed E-state index contributed by atoms with van der Waals surface area (Å²) in [6, 6.07) is 89.0. The van der Waals surface area contributed by atoms with Crippen LogP contribution in [0.3, 0.4) is 0 Å². The summed E-state index contributed by atoms with van der Waals surface area (Å²) in [5, 5.41) is 4.93. The van der Waals surface area contributed by atoms with Crippen molar-refractivity contribution in [3.63, 3.8) is 0 Å². The summed E-state index contributed by atoms with van der Waals surface area (Å²) in [6.07, 6.45) is 0. The summed E-state index contributed by atoms with van der Waals surface area (Å²) in [4.78, 5) is 2.39. The highest BCUT2D eigenvalue weighted by Crippen LogP contribution is 2.56. The van der Waals surface area contributed by atoms with E-state index in [2.05, 4.69) is 252 Å². The van der Waals surface area contributed by atoms with Crippen molar-refractivity contribution >= 4 is 49.6 Å². The van der Waals surface area contributed by atoms with Gasteiger partial charge in [-0.15, -0.1) is 0 Å². The van der Waals surface area contributed by atoms with Crippen LogP contribution in [0.2, 0.25) is 0 Å². The van der Waals surface area contributed by atoms with E-state index in [0.29, 0.717) is 0 Å². The van der Waals surface area contributed by atoms with Gasteiger partial charge in [-0.1, -0.05) is 176 Å². The summed E-state index contributed by atoms with van der Waals surface area (Å²) in [6.45, 7) is 0. The topological polar surface area (TPSA) is 8.17 Å². The van der Waals surface area contributed by atoms with Crippen LogP contribution in [0.25, 0.3) is 60.5 Å². The first-order valence-electron chi connectivity index (χ1n) is 21.1. The summed E-state index contributed by atoms with van der Waals surface area (Å²) in [5.41, 5.74) is 16.5. The van der Waals surface area contributed by atoms with Crippen LogP contribution in [0, 0.1) is 0 Å². The smallest absolute Gasteiger partial charge is 0.0713 e. The van der Waals surface area contributed by atoms with Crippen molar-refractivity contribution in [3.8, 4) is 27.9 Å². The Kier molecular flexibility index (Phi) is 8.11. The van der Waals surface area contributed by atoms with Crippen LogP contribution in [0.1, 0.15) is 22.3 Å². The molecule has 0 aliphatic heterocycles. The molecule has 10 aromatic carbocycles. The minimum absolute atomic E-state index is 0.497. The van der Waals surface area contributed by atoms with Gasteiger partial charge in [-0.2, -0.15) is 0 Å². The van der Waals surface area contributed by atoms with Crippen molar-refractivity contribution < 1.29 is 0 Å². The number of rotatable bonds is 7. The molecule has 0 unspecified atom stereocenters. The molecule has 1 heterocycles. The predicted octanol–water partition coefficient (Wildman–Crippen LogP) is 15.4. The van der Waals surface area contributed by atoms with Crippen LogP contribution in [0.15, 0.2) is 243 Å². The first-order valence-corrected chi connectivity index (χ1v) is 21.1. The first-order chi connectivity index (χ1) is 30.3. The third kappa shape index (κ3) is 5.43. The highest BCUT2D eigenvalue weighted by molar-refractivity contribution is 6.11. The molecule has 1 aromatic heterocycles. The average Bonchev–Trinajstić information content (AvgIpc) is 3.83. The van der Waals surface area contributed by atoms with Gasteiger partial charge in [0.05, 0.1) is 16.4 Å². The van der Waals surface area contributed by atoms with Gasteiger partial charge in [-0.25, -0.2) is 0 Å². The maximum atomic E-state index is 2.48. The lowest BCUT2D eigenvalue weighted by atomic mass is 9.67. The van der Waals surface area contributed by atoms with Gasteiger partial charge < -0.3 is 9.47 Å². The van der Waals surface area contributed by atoms with E-state index >= 15 is 0 Å². The molecule has 0 saturated carbocycles. The Morgan fingerprint density at radius 3 is 1.57 bits per heavy atom. The Morgan fingerprint density at radius 1 is 0.328 bits per heavy atom. The molecular weight excluding hydrogens is 737 g/mol. The maximum absolute atomic E-state index is 2.48. The Balaban J connectivity index is 1.09. The van der Waals surface area contributed by atoms with E-state index < -0.39 is 5.41 Å². The number of fused-ring (bicyclic) bond motifs is 7. The zero-order valence-electron chi connectivity index (χ0n) is 33.5. The Labute approximate surface area is 355 Å². The van der Waals surface area contributed by atoms with Crippen molar-refractivity contribution in [2.45, 2.75) is 5.41 Å². The maximum Gasteiger partial charge on any atom is 0.0713 e. The lowest BCUT2D eigenvalue weighted by Gasteiger charge is -2.34. The van der Waals surface area contributed by atoms with Gasteiger partial charge in [0, 0.05) is 33.5 Å². The van der Waals surface area contributed by atoms with Crippen molar-refractivity contribution in [1.29, 1.82) is 0 Å². The molecule has 0 saturated heterocycles. The second kappa shape index (κ2) is 14.1. The fourth-order valence-electron chi connectivity index (χ4n) is 10.2. The first kappa shape index (κ1) is 35.0. The van der Waals surface area contributed by atoms with Crippen molar-refractivity contribution in [3.05, 3.63) is 265 Å². The fourth-order valence-corrected chi connectivity index (χ4v) is 10.2. The van der Waals surface area contributed by atoms with Crippen molar-refractivity contribution in [2.24, 2.45) is 0 Å². The van der Waals surface area contributed by atoms with Gasteiger partial charge in [-0.3, -0.25) is 0 Å². The van der Waals surface area contributed by atoms with Crippen LogP contribution in [0.5, 0.6) is 0 Å². The lowest BCUT2D eigenvalue weighted by Crippen LogP contribution is -2.28. The Morgan fingerprint density at radius 2 is 0.852 bits per heavy atom. The molecule has 0 radical (unpaired) electrons. The van der Waals surface area contributed by atoms with E-state index in [1.165, 1.54) is 77.1 Å². The number of benzene rings is 10. The van der Waals surface area contributed by atoms with Crippen LogP contribution in [0.4, 0.5) is 17.1 Å². The molecule has 0 bridgehead atoms. The molecule has 61 heavy (non-hydrogen) atoms. The van der Waals surface area contributed by atoms with E-state index in [9.17, 15) is 0 Å². The van der Waals surface area contributed by atoms with E-state index in [-0.39, 0.29) is 0 Å². The van der Waals surface area contributed by atoms with E-state index in [0.717, 1.165) is 22.7 Å². The summed E-state index contributed by atoms with van der Waals surface area (Å²) in [7, 11) is 0. The van der Waals surface area contributed by atoms with Gasteiger partial charge in [-0.05, 0) is 122 Å². The number of nitrogens with zero attached hydrogens (tertiary/aromatic N) is 2. The van der Waals surface area contributed by atoms with Gasteiger partial charge in [0.25, 0.3) is 0 Å². The molecule has 0 amide bonds. The minimum atomic E-state index is -0.497. The number of para-hydroxylation sites is 2. The van der Waals surface area contributed by atoms with Crippen LogP contribution in [-0.2, 0) is 5.41 Å². The summed E-state index contributed by atoms with van der Waals surface area (Å²) >= 11 is 0. The van der Waals surface area contributed by atoms with Crippen molar-refractivity contribution in [2.75, 3.05) is 4.90 Å². The standard InChI is InChI=1S/C59H40N2/c1-4-19-43(20-5-1)59(55-29-14-12-26-51(55)52-27-13-15-30-56(52)59)44-33-37-57-53(39-44)54-40-48(36-38-58(54)61(57)46-23-8-3-9-24-46)60(45-21-6-2-7-22-45)47-34-31-42(32-35-47)50-28-16-18-41-17-10-11-25-49(41)50/h1-40H. The molecule has 2 heteroatoms. The number of hydrogen-bond donors (Lipinski definition) is 0. The van der Waals surface area contributed by atoms with Gasteiger partial charge in [0.1, 0.15) is 0 Å². The highest BCUT2D eigenvalue weighted by atomic mass is 15.1. The third-order valence-electron chi connectivity index (χ3n) is 12.9. The van der Waals surface area contributed by atoms with Crippen LogP contribution >= 0.6 is 0 Å². The third-order valence-corrected chi connectivity index (χ3v) is 12.9. The highest BCUT2D eigenvalue weighted by Gasteiger charge is 2.46. The fraction of sp³-hybridized carbons (Fsp3) is 0.0169. The number of aromatic nitrogens is 1. The van der Waals surface area contributed by atoms with Gasteiger partial charge in [0.2, 0.25) is 0 Å². The largest absolute Gasteiger partial charge is 0.310 e. The molecular formula is C59H40N2. The van der Waals surface area contributed by atoms with Gasteiger partial charge >= 0.3 is 0 Å². The Bertz CT molecular complexity index is 3350. The molecule has 11 aromatic rings. The molecule has 0 atom stereocenters. The molecule has 0 spiro atoms.